The Bertz CT molecular complexity index is 425. The van der Waals surface area contributed by atoms with Crippen molar-refractivity contribution in [3.05, 3.63) is 35.4 Å². The highest BCUT2D eigenvalue weighted by molar-refractivity contribution is 5.79. The third-order valence-electron chi connectivity index (χ3n) is 3.61. The van der Waals surface area contributed by atoms with Crippen molar-refractivity contribution in [3.63, 3.8) is 0 Å². The van der Waals surface area contributed by atoms with Gasteiger partial charge in [0.05, 0.1) is 6.42 Å². The first kappa shape index (κ1) is 13.1. The van der Waals surface area contributed by atoms with Crippen LogP contribution in [0.15, 0.2) is 24.3 Å². The number of hydrogen-bond acceptors (Lipinski definition) is 1. The van der Waals surface area contributed by atoms with E-state index in [4.69, 9.17) is 0 Å². The van der Waals surface area contributed by atoms with Crippen LogP contribution in [-0.4, -0.2) is 23.9 Å². The Morgan fingerprint density at radius 3 is 2.50 bits per heavy atom. The second-order valence-electron chi connectivity index (χ2n) is 6.22. The highest BCUT2D eigenvalue weighted by atomic mass is 16.2. The first-order chi connectivity index (χ1) is 8.47. The SMILES string of the molecule is CC(C)(C)c1cccc(CC(=O)N2CCCC2)c1. The summed E-state index contributed by atoms with van der Waals surface area (Å²) >= 11 is 0. The molecular formula is C16H23NO. The smallest absolute Gasteiger partial charge is 0.226 e. The van der Waals surface area contributed by atoms with Gasteiger partial charge in [-0.05, 0) is 29.4 Å². The minimum absolute atomic E-state index is 0.146. The van der Waals surface area contributed by atoms with Gasteiger partial charge in [0.15, 0.2) is 0 Å². The van der Waals surface area contributed by atoms with Crippen molar-refractivity contribution in [2.75, 3.05) is 13.1 Å². The Morgan fingerprint density at radius 1 is 1.22 bits per heavy atom. The van der Waals surface area contributed by atoms with Gasteiger partial charge in [0.25, 0.3) is 0 Å². The molecule has 1 aliphatic heterocycles. The van der Waals surface area contributed by atoms with Gasteiger partial charge in [0.2, 0.25) is 5.91 Å². The lowest BCUT2D eigenvalue weighted by atomic mass is 9.86. The molecule has 0 atom stereocenters. The van der Waals surface area contributed by atoms with Crippen molar-refractivity contribution >= 4 is 5.91 Å². The average molecular weight is 245 g/mol. The number of carbonyl (C=O) groups excluding carboxylic acids is 1. The maximum Gasteiger partial charge on any atom is 0.226 e. The van der Waals surface area contributed by atoms with E-state index in [1.807, 2.05) is 4.90 Å². The lowest BCUT2D eigenvalue weighted by Gasteiger charge is -2.20. The molecule has 0 aliphatic carbocycles. The minimum atomic E-state index is 0.146. The quantitative estimate of drug-likeness (QED) is 0.784. The second-order valence-corrected chi connectivity index (χ2v) is 6.22. The fourth-order valence-electron chi connectivity index (χ4n) is 2.40. The summed E-state index contributed by atoms with van der Waals surface area (Å²) in [5, 5.41) is 0. The van der Waals surface area contributed by atoms with Crippen LogP contribution >= 0.6 is 0 Å². The fraction of sp³-hybridized carbons (Fsp3) is 0.562. The predicted octanol–water partition coefficient (Wildman–Crippen LogP) is 3.15. The number of amides is 1. The van der Waals surface area contributed by atoms with Crippen molar-refractivity contribution in [2.24, 2.45) is 0 Å². The maximum atomic E-state index is 12.1. The van der Waals surface area contributed by atoms with E-state index in [2.05, 4.69) is 45.0 Å². The van der Waals surface area contributed by atoms with E-state index < -0.39 is 0 Å². The number of benzene rings is 1. The summed E-state index contributed by atoms with van der Waals surface area (Å²) in [6.45, 7) is 8.49. The van der Waals surface area contributed by atoms with E-state index in [0.717, 1.165) is 31.5 Å². The zero-order valence-electron chi connectivity index (χ0n) is 11.7. The molecule has 0 aromatic heterocycles. The number of nitrogens with zero attached hydrogens (tertiary/aromatic N) is 1. The van der Waals surface area contributed by atoms with E-state index in [1.165, 1.54) is 5.56 Å². The van der Waals surface area contributed by atoms with Crippen LogP contribution in [0.5, 0.6) is 0 Å². The van der Waals surface area contributed by atoms with Gasteiger partial charge in [-0.1, -0.05) is 45.0 Å². The topological polar surface area (TPSA) is 20.3 Å². The molecular weight excluding hydrogens is 222 g/mol. The van der Waals surface area contributed by atoms with Crippen LogP contribution in [0, 0.1) is 0 Å². The lowest BCUT2D eigenvalue weighted by Crippen LogP contribution is -2.29. The number of likely N-dealkylation sites (tertiary alicyclic amines) is 1. The molecule has 0 saturated carbocycles. The van der Waals surface area contributed by atoms with Gasteiger partial charge in [-0.2, -0.15) is 0 Å². The Kier molecular flexibility index (Phi) is 3.74. The first-order valence-electron chi connectivity index (χ1n) is 6.84. The Morgan fingerprint density at radius 2 is 1.89 bits per heavy atom. The van der Waals surface area contributed by atoms with Gasteiger partial charge < -0.3 is 4.90 Å². The Balaban J connectivity index is 2.07. The van der Waals surface area contributed by atoms with E-state index in [0.29, 0.717) is 6.42 Å². The third-order valence-corrected chi connectivity index (χ3v) is 3.61. The molecule has 2 rings (SSSR count). The molecule has 2 heteroatoms. The van der Waals surface area contributed by atoms with Crippen molar-refractivity contribution in [3.8, 4) is 0 Å². The van der Waals surface area contributed by atoms with Gasteiger partial charge in [0.1, 0.15) is 0 Å². The van der Waals surface area contributed by atoms with Crippen LogP contribution in [0.2, 0.25) is 0 Å². The summed E-state index contributed by atoms with van der Waals surface area (Å²) in [4.78, 5) is 14.1. The molecule has 0 N–H and O–H groups in total. The predicted molar refractivity (Wildman–Crippen MR) is 74.7 cm³/mol. The summed E-state index contributed by atoms with van der Waals surface area (Å²) in [6, 6.07) is 8.44. The maximum absolute atomic E-state index is 12.1. The zero-order chi connectivity index (χ0) is 13.2. The number of hydrogen-bond donors (Lipinski definition) is 0. The fourth-order valence-corrected chi connectivity index (χ4v) is 2.40. The molecule has 0 radical (unpaired) electrons. The van der Waals surface area contributed by atoms with Crippen LogP contribution in [-0.2, 0) is 16.6 Å². The van der Waals surface area contributed by atoms with E-state index in [9.17, 15) is 4.79 Å². The Labute approximate surface area is 110 Å². The van der Waals surface area contributed by atoms with E-state index in [1.54, 1.807) is 0 Å². The molecule has 0 bridgehead atoms. The monoisotopic (exact) mass is 245 g/mol. The van der Waals surface area contributed by atoms with Gasteiger partial charge in [-0.25, -0.2) is 0 Å². The standard InChI is InChI=1S/C16H23NO/c1-16(2,3)14-8-6-7-13(11-14)12-15(18)17-9-4-5-10-17/h6-8,11H,4-5,9-10,12H2,1-3H3. The normalized spacial score (nSPS) is 16.1. The summed E-state index contributed by atoms with van der Waals surface area (Å²) < 4.78 is 0. The zero-order valence-corrected chi connectivity index (χ0v) is 11.7. The lowest BCUT2D eigenvalue weighted by molar-refractivity contribution is -0.129. The van der Waals surface area contributed by atoms with Crippen LogP contribution in [0.4, 0.5) is 0 Å². The van der Waals surface area contributed by atoms with Gasteiger partial charge in [0, 0.05) is 13.1 Å². The third kappa shape index (κ3) is 3.12. The first-order valence-corrected chi connectivity index (χ1v) is 6.84. The summed E-state index contributed by atoms with van der Waals surface area (Å²) in [6.07, 6.45) is 2.87. The van der Waals surface area contributed by atoms with Crippen molar-refractivity contribution in [1.82, 2.24) is 4.90 Å². The van der Waals surface area contributed by atoms with E-state index >= 15 is 0 Å². The van der Waals surface area contributed by atoms with Crippen molar-refractivity contribution in [1.29, 1.82) is 0 Å². The van der Waals surface area contributed by atoms with Gasteiger partial charge in [-0.3, -0.25) is 4.79 Å². The molecule has 0 spiro atoms. The molecule has 98 valence electrons. The molecule has 1 aromatic carbocycles. The molecule has 1 heterocycles. The molecule has 2 nitrogen and oxygen atoms in total. The molecule has 1 aromatic rings. The average Bonchev–Trinajstić information content (AvgIpc) is 2.81. The molecule has 1 amide bonds. The van der Waals surface area contributed by atoms with Gasteiger partial charge >= 0.3 is 0 Å². The van der Waals surface area contributed by atoms with Gasteiger partial charge in [-0.15, -0.1) is 0 Å². The summed E-state index contributed by atoms with van der Waals surface area (Å²) in [5.41, 5.74) is 2.58. The molecule has 1 saturated heterocycles. The van der Waals surface area contributed by atoms with Crippen LogP contribution < -0.4 is 0 Å². The van der Waals surface area contributed by atoms with Crippen molar-refractivity contribution < 1.29 is 4.79 Å². The van der Waals surface area contributed by atoms with Crippen molar-refractivity contribution in [2.45, 2.75) is 45.4 Å². The molecule has 18 heavy (non-hydrogen) atoms. The minimum Gasteiger partial charge on any atom is -0.342 e. The van der Waals surface area contributed by atoms with E-state index in [-0.39, 0.29) is 11.3 Å². The second kappa shape index (κ2) is 5.13. The highest BCUT2D eigenvalue weighted by Crippen LogP contribution is 2.23. The molecule has 1 fully saturated rings. The number of rotatable bonds is 2. The van der Waals surface area contributed by atoms with Crippen LogP contribution in [0.25, 0.3) is 0 Å². The highest BCUT2D eigenvalue weighted by Gasteiger charge is 2.19. The largest absolute Gasteiger partial charge is 0.342 e. The number of carbonyl (C=O) groups is 1. The molecule has 0 unspecified atom stereocenters. The summed E-state index contributed by atoms with van der Waals surface area (Å²) in [7, 11) is 0. The molecule has 1 aliphatic rings. The van der Waals surface area contributed by atoms with Crippen LogP contribution in [0.3, 0.4) is 0 Å². The summed E-state index contributed by atoms with van der Waals surface area (Å²) in [5.74, 6) is 0.276. The van der Waals surface area contributed by atoms with Crippen LogP contribution in [0.1, 0.15) is 44.7 Å². The Hall–Kier alpha value is -1.31.